The Morgan fingerprint density at radius 1 is 0.911 bits per heavy atom. The van der Waals surface area contributed by atoms with E-state index in [4.69, 9.17) is 11.6 Å². The summed E-state index contributed by atoms with van der Waals surface area (Å²) in [5.74, 6) is -6.08. The number of nitrogens with zero attached hydrogens (tertiary/aromatic N) is 5. The fourth-order valence-electron chi connectivity index (χ4n) is 5.75. The number of amides is 1. The van der Waals surface area contributed by atoms with Gasteiger partial charge in [-0.15, -0.1) is 0 Å². The highest BCUT2D eigenvalue weighted by molar-refractivity contribution is 7.89. The first-order chi connectivity index (χ1) is 26.3. The van der Waals surface area contributed by atoms with Gasteiger partial charge in [0.15, 0.2) is 5.82 Å². The van der Waals surface area contributed by atoms with Gasteiger partial charge in [-0.3, -0.25) is 19.4 Å². The molecule has 13 nitrogen and oxygen atoms in total. The molecule has 4 heterocycles. The summed E-state index contributed by atoms with van der Waals surface area (Å²) in [7, 11) is -3.79. The Morgan fingerprint density at radius 2 is 1.59 bits per heavy atom. The number of carbonyl (C=O) groups is 3. The SMILES string of the molecule is N#Cc1ccccc1S(=O)(=O)N1CCC(CC(=O)Nc2ccc3cc2CCc2cncc(c2)Nc2ncc(Cl)c(n2)N3)CC1.O=C(C(=O)C(F)(F)F)C(F)(F)F. The van der Waals surface area contributed by atoms with Gasteiger partial charge in [-0.05, 0) is 79.1 Å². The number of alkyl halides is 6. The molecule has 1 fully saturated rings. The van der Waals surface area contributed by atoms with Crippen LogP contribution in [0.1, 0.15) is 36.0 Å². The second-order valence-electron chi connectivity index (χ2n) is 12.5. The Bertz CT molecular complexity index is 2270. The van der Waals surface area contributed by atoms with Crippen LogP contribution in [-0.2, 0) is 37.2 Å². The van der Waals surface area contributed by atoms with Gasteiger partial charge in [-0.2, -0.15) is 40.9 Å². The van der Waals surface area contributed by atoms with Crippen molar-refractivity contribution in [3.63, 3.8) is 0 Å². The Kier molecular flexibility index (Phi) is 12.6. The minimum absolute atomic E-state index is 0.0203. The number of aromatic nitrogens is 3. The number of nitriles is 1. The number of carbonyl (C=O) groups excluding carboxylic acids is 3. The topological polar surface area (TPSA) is 187 Å². The summed E-state index contributed by atoms with van der Waals surface area (Å²) in [6, 6.07) is 15.9. The van der Waals surface area contributed by atoms with E-state index in [9.17, 15) is 54.4 Å². The van der Waals surface area contributed by atoms with E-state index in [2.05, 4.69) is 30.9 Å². The number of fused-ring (bicyclic) bond motifs is 6. The van der Waals surface area contributed by atoms with Crippen LogP contribution < -0.4 is 16.0 Å². The molecule has 1 amide bonds. The minimum atomic E-state index is -5.77. The van der Waals surface area contributed by atoms with E-state index >= 15 is 0 Å². The first-order valence-corrected chi connectivity index (χ1v) is 18.3. The summed E-state index contributed by atoms with van der Waals surface area (Å²) < 4.78 is 94.7. The van der Waals surface area contributed by atoms with Gasteiger partial charge in [0.05, 0.1) is 28.5 Å². The number of benzene rings is 2. The third kappa shape index (κ3) is 10.3. The number of hydrogen-bond acceptors (Lipinski definition) is 11. The lowest BCUT2D eigenvalue weighted by Gasteiger charge is -2.31. The maximum absolute atomic E-state index is 13.2. The Morgan fingerprint density at radius 3 is 2.25 bits per heavy atom. The number of anilines is 5. The number of nitrogens with one attached hydrogen (secondary N) is 3. The smallest absolute Gasteiger partial charge is 0.339 e. The molecule has 1 saturated heterocycles. The van der Waals surface area contributed by atoms with Crippen LogP contribution in [0.5, 0.6) is 0 Å². The molecule has 6 bridgehead atoms. The highest BCUT2D eigenvalue weighted by Crippen LogP contribution is 2.31. The first-order valence-electron chi connectivity index (χ1n) is 16.5. The lowest BCUT2D eigenvalue weighted by molar-refractivity contribution is -0.193. The van der Waals surface area contributed by atoms with Crippen LogP contribution in [0.3, 0.4) is 0 Å². The molecule has 0 saturated carbocycles. The number of sulfonamides is 1. The zero-order valence-electron chi connectivity index (χ0n) is 28.7. The molecule has 0 spiro atoms. The second-order valence-corrected chi connectivity index (χ2v) is 14.8. The van der Waals surface area contributed by atoms with E-state index in [1.165, 1.54) is 22.6 Å². The fraction of sp³-hybridized carbons (Fsp3) is 0.286. The van der Waals surface area contributed by atoms with Gasteiger partial charge in [0.1, 0.15) is 11.1 Å². The molecule has 0 unspecified atom stereocenters. The number of Topliss-reactive ketones (excluding diaryl/α,β-unsaturated/α-hetero) is 2. The minimum Gasteiger partial charge on any atom is -0.339 e. The van der Waals surface area contributed by atoms with Gasteiger partial charge < -0.3 is 16.0 Å². The summed E-state index contributed by atoms with van der Waals surface area (Å²) in [4.78, 5) is 45.6. The number of hydrogen-bond donors (Lipinski definition) is 3. The molecule has 294 valence electrons. The number of piperidine rings is 1. The molecule has 4 aromatic rings. The fourth-order valence-corrected chi connectivity index (χ4v) is 7.50. The highest BCUT2D eigenvalue weighted by Gasteiger charge is 2.54. The molecule has 0 aliphatic carbocycles. The van der Waals surface area contributed by atoms with Gasteiger partial charge in [0.2, 0.25) is 21.9 Å². The van der Waals surface area contributed by atoms with E-state index in [0.717, 1.165) is 22.5 Å². The van der Waals surface area contributed by atoms with Gasteiger partial charge in [-0.25, -0.2) is 13.4 Å². The number of rotatable bonds is 6. The standard InChI is InChI=1S/C31H29ClN8O3S.C4F6O2/c32-26-19-35-31-37-25-13-21(17-34-18-25)5-6-22-15-24(36-30(26)39-31)7-8-27(22)38-29(41)14-20-9-11-40(12-10-20)44(42,43)28-4-2-1-3-23(28)16-33;5-3(6,7)1(11)2(12)4(8,9)10/h1-4,7-8,13,15,17-20H,5-6,9-12,14H2,(H,38,41)(H2,35,36,37,39);. The van der Waals surface area contributed by atoms with Crippen LogP contribution in [-0.4, -0.2) is 70.6 Å². The van der Waals surface area contributed by atoms with Crippen LogP contribution >= 0.6 is 11.6 Å². The monoisotopic (exact) mass is 822 g/mol. The van der Waals surface area contributed by atoms with Crippen molar-refractivity contribution in [2.75, 3.05) is 29.0 Å². The van der Waals surface area contributed by atoms with Gasteiger partial charge in [0, 0.05) is 37.1 Å². The summed E-state index contributed by atoms with van der Waals surface area (Å²) in [6.45, 7) is 0.585. The van der Waals surface area contributed by atoms with E-state index in [1.807, 2.05) is 36.5 Å². The Labute approximate surface area is 320 Å². The lowest BCUT2D eigenvalue weighted by Crippen LogP contribution is -2.39. The average molecular weight is 823 g/mol. The third-order valence-corrected chi connectivity index (χ3v) is 10.7. The predicted molar refractivity (Wildman–Crippen MR) is 190 cm³/mol. The number of halogens is 7. The molecule has 0 atom stereocenters. The maximum Gasteiger partial charge on any atom is 0.458 e. The summed E-state index contributed by atoms with van der Waals surface area (Å²) in [6.07, 6.45) is -3.79. The largest absolute Gasteiger partial charge is 0.458 e. The molecule has 21 heteroatoms. The zero-order chi connectivity index (χ0) is 40.8. The first kappa shape index (κ1) is 41.5. The number of aryl methyl sites for hydroxylation is 2. The molecule has 2 aliphatic rings. The van der Waals surface area contributed by atoms with Crippen LogP contribution in [0.4, 0.5) is 55.2 Å². The number of ketones is 2. The van der Waals surface area contributed by atoms with E-state index in [0.29, 0.717) is 61.2 Å². The van der Waals surface area contributed by atoms with Crippen molar-refractivity contribution in [3.8, 4) is 6.07 Å². The average Bonchev–Trinajstić information content (AvgIpc) is 3.15. The Hall–Kier alpha value is -5.65. The van der Waals surface area contributed by atoms with Crippen LogP contribution in [0.25, 0.3) is 0 Å². The van der Waals surface area contributed by atoms with Gasteiger partial charge in [0.25, 0.3) is 0 Å². The molecule has 6 rings (SSSR count). The van der Waals surface area contributed by atoms with Gasteiger partial charge in [-0.1, -0.05) is 23.7 Å². The summed E-state index contributed by atoms with van der Waals surface area (Å²) >= 11 is 6.37. The van der Waals surface area contributed by atoms with Crippen molar-refractivity contribution in [1.29, 1.82) is 5.26 Å². The molecule has 0 radical (unpaired) electrons. The molecular weight excluding hydrogens is 794 g/mol. The lowest BCUT2D eigenvalue weighted by atomic mass is 9.94. The predicted octanol–water partition coefficient (Wildman–Crippen LogP) is 6.66. The van der Waals surface area contributed by atoms with Crippen molar-refractivity contribution in [3.05, 3.63) is 88.8 Å². The van der Waals surface area contributed by atoms with Crippen LogP contribution in [0.2, 0.25) is 5.02 Å². The van der Waals surface area contributed by atoms with Crippen LogP contribution in [0.15, 0.2) is 72.0 Å². The van der Waals surface area contributed by atoms with Crippen molar-refractivity contribution in [2.24, 2.45) is 5.92 Å². The third-order valence-electron chi connectivity index (χ3n) is 8.51. The van der Waals surface area contributed by atoms with Crippen molar-refractivity contribution >= 4 is 67.9 Å². The summed E-state index contributed by atoms with van der Waals surface area (Å²) in [5, 5.41) is 19.2. The summed E-state index contributed by atoms with van der Waals surface area (Å²) in [5.41, 5.74) is 4.30. The van der Waals surface area contributed by atoms with E-state index in [1.54, 1.807) is 18.3 Å². The van der Waals surface area contributed by atoms with Crippen LogP contribution in [0, 0.1) is 17.2 Å². The van der Waals surface area contributed by atoms with Crippen molar-refractivity contribution in [2.45, 2.75) is 49.4 Å². The zero-order valence-corrected chi connectivity index (χ0v) is 30.3. The maximum atomic E-state index is 13.2. The quantitative estimate of drug-likeness (QED) is 0.139. The van der Waals surface area contributed by atoms with Gasteiger partial charge >= 0.3 is 23.9 Å². The molecule has 3 N–H and O–H groups in total. The molecule has 2 aromatic carbocycles. The molecular formula is C35H29ClF6N8O5S. The van der Waals surface area contributed by atoms with Crippen molar-refractivity contribution in [1.82, 2.24) is 19.3 Å². The Balaban J connectivity index is 0.000000433. The van der Waals surface area contributed by atoms with E-state index in [-0.39, 0.29) is 28.7 Å². The number of pyridine rings is 1. The molecule has 2 aromatic heterocycles. The van der Waals surface area contributed by atoms with Crippen molar-refractivity contribution < 1.29 is 49.1 Å². The molecule has 2 aliphatic heterocycles. The normalized spacial score (nSPS) is 14.8. The molecule has 56 heavy (non-hydrogen) atoms. The highest BCUT2D eigenvalue weighted by atomic mass is 35.5. The second kappa shape index (κ2) is 17.0. The van der Waals surface area contributed by atoms with E-state index < -0.39 is 33.9 Å².